The summed E-state index contributed by atoms with van der Waals surface area (Å²) >= 11 is 3.43. The van der Waals surface area contributed by atoms with E-state index in [1.807, 2.05) is 20.8 Å². The minimum atomic E-state index is -2.32. The van der Waals surface area contributed by atoms with Gasteiger partial charge < -0.3 is 58.0 Å². The van der Waals surface area contributed by atoms with Crippen LogP contribution in [0.5, 0.6) is 17.2 Å². The number of phenols is 2. The average Bonchev–Trinajstić information content (AvgIpc) is 4.08. The minimum Gasteiger partial charge on any atom is -0.507 e. The van der Waals surface area contributed by atoms with E-state index in [0.29, 0.717) is 13.2 Å². The maximum atomic E-state index is 14.4. The third-order valence-electron chi connectivity index (χ3n) is 15.4. The van der Waals surface area contributed by atoms with Crippen molar-refractivity contribution in [2.24, 2.45) is 5.92 Å². The number of phenolic OH excluding ortho intramolecular Hbond substituents is 2. The molecule has 0 saturated carbocycles. The van der Waals surface area contributed by atoms with E-state index < -0.39 is 124 Å². The molecule has 22 nitrogen and oxygen atoms in total. The van der Waals surface area contributed by atoms with Gasteiger partial charge in [0.25, 0.3) is 0 Å². The number of morpholine rings is 1. The Labute approximate surface area is 454 Å². The second-order valence-electron chi connectivity index (χ2n) is 20.2. The van der Waals surface area contributed by atoms with Crippen LogP contribution in [0.2, 0.25) is 0 Å². The lowest BCUT2D eigenvalue weighted by molar-refractivity contribution is -0.256. The molecular weight excluding hydrogens is 1050 g/mol. The first-order valence-corrected chi connectivity index (χ1v) is 28.6. The molecule has 2 aromatic carbocycles. The Kier molecular flexibility index (Phi) is 17.4. The third kappa shape index (κ3) is 10.7. The van der Waals surface area contributed by atoms with E-state index in [1.54, 1.807) is 0 Å². The molecule has 0 aromatic heterocycles. The lowest BCUT2D eigenvalue weighted by Gasteiger charge is -2.43. The van der Waals surface area contributed by atoms with Gasteiger partial charge in [0.1, 0.15) is 29.0 Å². The van der Waals surface area contributed by atoms with Crippen LogP contribution in [0.1, 0.15) is 95.5 Å². The van der Waals surface area contributed by atoms with E-state index in [-0.39, 0.29) is 123 Å². The summed E-state index contributed by atoms with van der Waals surface area (Å²) in [5.41, 5.74) is -3.78. The summed E-state index contributed by atoms with van der Waals surface area (Å²) in [5, 5.41) is 35.7. The highest BCUT2D eigenvalue weighted by Crippen LogP contribution is 2.53. The molecule has 5 saturated heterocycles. The Hall–Kier alpha value is -4.04. The van der Waals surface area contributed by atoms with Crippen molar-refractivity contribution in [1.82, 2.24) is 14.7 Å². The fourth-order valence-corrected chi connectivity index (χ4v) is 13.3. The number of thioether (sulfide) groups is 1. The maximum Gasteiger partial charge on any atom is 0.242 e. The number of aromatic hydroxyl groups is 2. The van der Waals surface area contributed by atoms with Crippen molar-refractivity contribution in [2.75, 3.05) is 85.9 Å². The largest absolute Gasteiger partial charge is 0.507 e. The molecule has 5 heterocycles. The first kappa shape index (κ1) is 56.7. The molecule has 9 rings (SSSR count). The van der Waals surface area contributed by atoms with Crippen molar-refractivity contribution in [3.05, 3.63) is 51.6 Å². The van der Waals surface area contributed by atoms with Crippen LogP contribution in [-0.4, -0.2) is 225 Å². The molecule has 3 N–H and O–H groups in total. The number of fused-ring (bicyclic) bond motifs is 6. The van der Waals surface area contributed by atoms with E-state index in [0.717, 1.165) is 16.7 Å². The van der Waals surface area contributed by atoms with E-state index in [9.17, 15) is 48.9 Å². The molecule has 76 heavy (non-hydrogen) atoms. The molecule has 2 radical (unpaired) electrons. The van der Waals surface area contributed by atoms with Crippen molar-refractivity contribution in [1.29, 1.82) is 0 Å². The van der Waals surface area contributed by atoms with Crippen LogP contribution in [0.3, 0.4) is 0 Å². The number of rotatable bonds is 22. The fourth-order valence-electron chi connectivity index (χ4n) is 11.3. The summed E-state index contributed by atoms with van der Waals surface area (Å²) < 4.78 is 52.4. The predicted molar refractivity (Wildman–Crippen MR) is 269 cm³/mol. The zero-order chi connectivity index (χ0) is 54.4. The van der Waals surface area contributed by atoms with Gasteiger partial charge in [-0.1, -0.05) is 26.0 Å². The number of benzene rings is 2. The van der Waals surface area contributed by atoms with Crippen LogP contribution < -0.4 is 4.74 Å². The van der Waals surface area contributed by atoms with Crippen molar-refractivity contribution in [2.45, 2.75) is 112 Å². The molecule has 4 amide bonds. The normalized spacial score (nSPS) is 29.4. The Bertz CT molecular complexity index is 2640. The van der Waals surface area contributed by atoms with Crippen molar-refractivity contribution >= 4 is 78.0 Å². The number of carbonyl (C=O) groups excluding carboxylic acids is 7. The number of likely N-dealkylation sites (tertiary alicyclic amines) is 2. The number of carbonyl (C=O) groups is 7. The number of Topliss-reactive ketones (excluding diaryl/α,β-unsaturated/α-hetero) is 1. The number of methoxy groups -OCH3 is 2. The molecular formula is C51H62AlN3O19S2. The van der Waals surface area contributed by atoms with Gasteiger partial charge in [0.05, 0.1) is 112 Å². The first-order chi connectivity index (χ1) is 36.3. The first-order valence-electron chi connectivity index (χ1n) is 25.2. The number of amides is 4. The van der Waals surface area contributed by atoms with Crippen molar-refractivity contribution in [3.8, 4) is 17.2 Å². The Morgan fingerprint density at radius 2 is 1.53 bits per heavy atom. The molecule has 0 spiro atoms. The van der Waals surface area contributed by atoms with Crippen LogP contribution in [0, 0.1) is 5.92 Å². The van der Waals surface area contributed by atoms with Crippen LogP contribution in [-0.2, 0) is 68.3 Å². The number of imide groups is 2. The molecule has 2 aliphatic carbocycles. The molecule has 10 atom stereocenters. The predicted octanol–water partition coefficient (Wildman–Crippen LogP) is 1.60. The highest BCUT2D eigenvalue weighted by Gasteiger charge is 2.56. The minimum absolute atomic E-state index is 0.0189. The molecule has 25 heteroatoms. The summed E-state index contributed by atoms with van der Waals surface area (Å²) in [7, 11) is 4.32. The van der Waals surface area contributed by atoms with E-state index in [1.165, 1.54) is 47.4 Å². The topological polar surface area (TPSA) is 273 Å². The van der Waals surface area contributed by atoms with E-state index in [2.05, 4.69) is 20.1 Å². The van der Waals surface area contributed by atoms with Gasteiger partial charge in [-0.2, -0.15) is 0 Å². The Balaban J connectivity index is 0.812. The van der Waals surface area contributed by atoms with Gasteiger partial charge in [-0.05, 0) is 13.0 Å². The highest BCUT2D eigenvalue weighted by molar-refractivity contribution is 8.20. The standard InChI is InChI=1S/C51H63N3O19S2.Al/c1-25-45-29(52-11-14-70-49(66-5)48(52)73-45)20-36(71-25)72-31-23-51(64,22-27-38(31)44(61)40-39(42(27)59)41(58)26-7-6-8-30(65-4)37(26)43(40)60)33(55)24-75-32-21-35(57)54(47(32)63)10-13-68-16-18-69-17-15-67-12-9-53-34(56)19-28(46(53)62)50(2,3)74;/h6-8,25,28-29,31-32,36,45,48-49,59,61,64,74H,9-24H2,1-5H3;/q;+1/p-1/t25-,28?,29-,31-,32?,36-,45+,48+,49-,51-;/m0./s1. The highest BCUT2D eigenvalue weighted by atomic mass is 32.3. The van der Waals surface area contributed by atoms with Crippen LogP contribution in [0.25, 0.3) is 0 Å². The molecule has 0 bridgehead atoms. The van der Waals surface area contributed by atoms with Gasteiger partial charge in [0.15, 0.2) is 30.4 Å². The zero-order valence-corrected chi connectivity index (χ0v) is 45.6. The van der Waals surface area contributed by atoms with Crippen molar-refractivity contribution in [3.63, 3.8) is 0 Å². The Morgan fingerprint density at radius 3 is 2.20 bits per heavy atom. The third-order valence-corrected chi connectivity index (χ3v) is 19.3. The van der Waals surface area contributed by atoms with E-state index >= 15 is 0 Å². The molecule has 2 unspecified atom stereocenters. The summed E-state index contributed by atoms with van der Waals surface area (Å²) in [5.74, 6) is -5.90. The summed E-state index contributed by atoms with van der Waals surface area (Å²) in [6.07, 6.45) is -5.44. The number of ether oxygens (including phenoxy) is 9. The number of ketones is 3. The van der Waals surface area contributed by atoms with Gasteiger partial charge >= 0.3 is 0 Å². The second kappa shape index (κ2) is 23.4. The van der Waals surface area contributed by atoms with Gasteiger partial charge in [-0.25, -0.2) is 0 Å². The van der Waals surface area contributed by atoms with Crippen LogP contribution >= 0.6 is 21.9 Å². The lowest BCUT2D eigenvalue weighted by Crippen LogP contribution is -2.55. The summed E-state index contributed by atoms with van der Waals surface area (Å²) in [6.45, 7) is 7.70. The molecule has 5 aliphatic heterocycles. The molecule has 5 fully saturated rings. The smallest absolute Gasteiger partial charge is 0.242 e. The van der Waals surface area contributed by atoms with Gasteiger partial charge in [0, 0.05) is 73.2 Å². The van der Waals surface area contributed by atoms with Gasteiger partial charge in [-0.3, -0.25) is 58.4 Å². The number of hydrogen-bond acceptors (Lipinski definition) is 22. The molecule has 410 valence electrons. The zero-order valence-electron chi connectivity index (χ0n) is 42.9. The lowest BCUT2D eigenvalue weighted by atomic mass is 9.72. The Morgan fingerprint density at radius 1 is 0.868 bits per heavy atom. The van der Waals surface area contributed by atoms with Crippen LogP contribution in [0.4, 0.5) is 0 Å². The molecule has 7 aliphatic rings. The second-order valence-corrected chi connectivity index (χ2v) is 23.4. The average molecular weight is 1110 g/mol. The monoisotopic (exact) mass is 1110 g/mol. The van der Waals surface area contributed by atoms with Gasteiger partial charge in [-0.15, -0.1) is 11.8 Å². The van der Waals surface area contributed by atoms with Crippen molar-refractivity contribution < 1.29 is 91.5 Å². The van der Waals surface area contributed by atoms with Gasteiger partial charge in [0.2, 0.25) is 44.6 Å². The number of nitrogens with zero attached hydrogens (tertiary/aromatic N) is 3. The van der Waals surface area contributed by atoms with Crippen LogP contribution in [0.15, 0.2) is 18.2 Å². The fraction of sp³-hybridized carbons (Fsp3) is 0.627. The quantitative estimate of drug-likeness (QED) is 0.0558. The molecule has 2 aromatic rings. The summed E-state index contributed by atoms with van der Waals surface area (Å²) in [4.78, 5) is 99.1. The SMILES string of the molecule is COc1cccc2c1C(=O)c1c(O)c3c(c(O)c1C2=O)C[C@@](O)(C(=O)CSC1CC(=O)N(CCOCCOCCOCCN2C(=O)CC(C(C)(C)[S][Al])C2=O)C1=O)C[C@@H]3O[C@H]1C[C@H]2[C@H](O[C@@H]3[C@@H](OC)OCCN32)[C@H](C)O1. The maximum absolute atomic E-state index is 14.4. The number of hydrogen-bond donors (Lipinski definition) is 3. The summed E-state index contributed by atoms with van der Waals surface area (Å²) in [6, 6.07) is 4.15. The van der Waals surface area contributed by atoms with E-state index in [4.69, 9.17) is 42.6 Å². The number of aliphatic hydroxyl groups is 1.